The summed E-state index contributed by atoms with van der Waals surface area (Å²) in [5.74, 6) is -0.643. The maximum absolute atomic E-state index is 12.7. The zero-order valence-corrected chi connectivity index (χ0v) is 17.9. The standard InChI is InChI=1S/C20H23N5O5S/c1-3-23(4-2)31(29,30)17-12-8-9-15(13-17)21-18(26)14-24-19(27)22-25(20(24)28)16-10-6-5-7-11-16/h5-13H,3-4,14H2,1-2H3,(H,21,26)(H,22,27). The van der Waals surface area contributed by atoms with Gasteiger partial charge in [0.15, 0.2) is 0 Å². The summed E-state index contributed by atoms with van der Waals surface area (Å²) in [6, 6.07) is 14.3. The van der Waals surface area contributed by atoms with Crippen molar-refractivity contribution >= 4 is 21.6 Å². The summed E-state index contributed by atoms with van der Waals surface area (Å²) in [5, 5.41) is 4.94. The largest absolute Gasteiger partial charge is 0.352 e. The molecule has 10 nitrogen and oxygen atoms in total. The minimum absolute atomic E-state index is 0.0410. The van der Waals surface area contributed by atoms with Gasteiger partial charge in [-0.1, -0.05) is 38.1 Å². The van der Waals surface area contributed by atoms with E-state index in [9.17, 15) is 22.8 Å². The van der Waals surface area contributed by atoms with Crippen LogP contribution in [0.15, 0.2) is 69.1 Å². The molecule has 3 rings (SSSR count). The van der Waals surface area contributed by atoms with Crippen LogP contribution in [0.4, 0.5) is 5.69 Å². The van der Waals surface area contributed by atoms with Crippen molar-refractivity contribution in [3.8, 4) is 5.69 Å². The molecule has 0 radical (unpaired) electrons. The van der Waals surface area contributed by atoms with E-state index in [1.54, 1.807) is 44.2 Å². The van der Waals surface area contributed by atoms with E-state index in [0.717, 1.165) is 9.25 Å². The van der Waals surface area contributed by atoms with Gasteiger partial charge in [-0.15, -0.1) is 0 Å². The summed E-state index contributed by atoms with van der Waals surface area (Å²) in [5.41, 5.74) is -0.727. The lowest BCUT2D eigenvalue weighted by molar-refractivity contribution is -0.116. The van der Waals surface area contributed by atoms with E-state index in [1.165, 1.54) is 28.6 Å². The Morgan fingerprint density at radius 2 is 1.71 bits per heavy atom. The lowest BCUT2D eigenvalue weighted by Crippen LogP contribution is -2.34. The molecule has 0 atom stereocenters. The van der Waals surface area contributed by atoms with Gasteiger partial charge in [0.1, 0.15) is 6.54 Å². The van der Waals surface area contributed by atoms with Crippen LogP contribution in [0.5, 0.6) is 0 Å². The molecule has 1 heterocycles. The zero-order chi connectivity index (χ0) is 22.6. The van der Waals surface area contributed by atoms with Crippen molar-refractivity contribution < 1.29 is 13.2 Å². The molecule has 2 N–H and O–H groups in total. The van der Waals surface area contributed by atoms with Crippen LogP contribution in [-0.2, 0) is 21.4 Å². The Bertz CT molecular complexity index is 1290. The normalized spacial score (nSPS) is 11.6. The Labute approximate surface area is 178 Å². The number of sulfonamides is 1. The number of aromatic nitrogens is 3. The van der Waals surface area contributed by atoms with Gasteiger partial charge < -0.3 is 5.32 Å². The maximum Gasteiger partial charge on any atom is 0.352 e. The monoisotopic (exact) mass is 445 g/mol. The third-order valence-corrected chi connectivity index (χ3v) is 6.70. The van der Waals surface area contributed by atoms with Crippen LogP contribution in [0, 0.1) is 0 Å². The highest BCUT2D eigenvalue weighted by Gasteiger charge is 2.22. The third-order valence-electron chi connectivity index (χ3n) is 4.65. The maximum atomic E-state index is 12.7. The molecule has 11 heteroatoms. The van der Waals surface area contributed by atoms with Crippen molar-refractivity contribution in [3.63, 3.8) is 0 Å². The minimum atomic E-state index is -3.69. The van der Waals surface area contributed by atoms with Gasteiger partial charge in [0.25, 0.3) is 0 Å². The third kappa shape index (κ3) is 4.67. The predicted molar refractivity (Wildman–Crippen MR) is 116 cm³/mol. The number of benzene rings is 2. The molecular formula is C20H23N5O5S. The highest BCUT2D eigenvalue weighted by molar-refractivity contribution is 7.89. The number of para-hydroxylation sites is 1. The molecule has 0 aliphatic heterocycles. The number of H-pyrrole nitrogens is 1. The second-order valence-electron chi connectivity index (χ2n) is 6.62. The van der Waals surface area contributed by atoms with Gasteiger partial charge in [-0.3, -0.25) is 4.79 Å². The van der Waals surface area contributed by atoms with Gasteiger partial charge in [0.05, 0.1) is 10.6 Å². The van der Waals surface area contributed by atoms with Gasteiger partial charge in [-0.25, -0.2) is 32.4 Å². The van der Waals surface area contributed by atoms with Crippen LogP contribution in [0.3, 0.4) is 0 Å². The van der Waals surface area contributed by atoms with Crippen molar-refractivity contribution in [2.75, 3.05) is 18.4 Å². The second kappa shape index (κ2) is 9.14. The van der Waals surface area contributed by atoms with Crippen LogP contribution < -0.4 is 16.7 Å². The average molecular weight is 446 g/mol. The van der Waals surface area contributed by atoms with E-state index < -0.39 is 33.9 Å². The van der Waals surface area contributed by atoms with E-state index in [4.69, 9.17) is 0 Å². The number of nitrogens with one attached hydrogen (secondary N) is 2. The molecule has 0 bridgehead atoms. The van der Waals surface area contributed by atoms with E-state index in [1.807, 2.05) is 0 Å². The lowest BCUT2D eigenvalue weighted by Gasteiger charge is -2.18. The summed E-state index contributed by atoms with van der Waals surface area (Å²) < 4.78 is 28.5. The molecule has 0 fully saturated rings. The van der Waals surface area contributed by atoms with Crippen LogP contribution in [0.25, 0.3) is 5.69 Å². The highest BCUT2D eigenvalue weighted by atomic mass is 32.2. The van der Waals surface area contributed by atoms with Gasteiger partial charge in [0, 0.05) is 18.8 Å². The number of nitrogens with zero attached hydrogens (tertiary/aromatic N) is 3. The highest BCUT2D eigenvalue weighted by Crippen LogP contribution is 2.19. The molecular weight excluding hydrogens is 422 g/mol. The van der Waals surface area contributed by atoms with Gasteiger partial charge in [-0.05, 0) is 30.3 Å². The molecule has 1 amide bonds. The van der Waals surface area contributed by atoms with Crippen LogP contribution in [-0.4, -0.2) is 46.1 Å². The molecule has 2 aromatic carbocycles. The van der Waals surface area contributed by atoms with Crippen molar-refractivity contribution in [2.24, 2.45) is 0 Å². The number of amides is 1. The van der Waals surface area contributed by atoms with E-state index in [-0.39, 0.29) is 10.6 Å². The van der Waals surface area contributed by atoms with Gasteiger partial charge in [0.2, 0.25) is 15.9 Å². The first-order valence-corrected chi connectivity index (χ1v) is 11.1. The molecule has 0 spiro atoms. The Balaban J connectivity index is 1.81. The molecule has 0 saturated heterocycles. The number of aromatic amines is 1. The SMILES string of the molecule is CCN(CC)S(=O)(=O)c1cccc(NC(=O)Cn2c(=O)[nH]n(-c3ccccc3)c2=O)c1. The fourth-order valence-corrected chi connectivity index (χ4v) is 4.60. The number of anilines is 1. The molecule has 31 heavy (non-hydrogen) atoms. The minimum Gasteiger partial charge on any atom is -0.324 e. The fraction of sp³-hybridized carbons (Fsp3) is 0.250. The van der Waals surface area contributed by atoms with E-state index >= 15 is 0 Å². The number of hydrogen-bond acceptors (Lipinski definition) is 5. The summed E-state index contributed by atoms with van der Waals surface area (Å²) in [6.45, 7) is 3.59. The number of rotatable bonds is 8. The fourth-order valence-electron chi connectivity index (χ4n) is 3.09. The number of carbonyl (C=O) groups is 1. The van der Waals surface area contributed by atoms with Crippen LogP contribution in [0.2, 0.25) is 0 Å². The summed E-state index contributed by atoms with van der Waals surface area (Å²) >= 11 is 0. The molecule has 0 unspecified atom stereocenters. The van der Waals surface area contributed by atoms with E-state index in [0.29, 0.717) is 18.8 Å². The van der Waals surface area contributed by atoms with Crippen molar-refractivity contribution in [1.29, 1.82) is 0 Å². The first-order valence-electron chi connectivity index (χ1n) is 9.65. The van der Waals surface area contributed by atoms with Crippen molar-refractivity contribution in [1.82, 2.24) is 18.7 Å². The van der Waals surface area contributed by atoms with Crippen LogP contribution in [0.1, 0.15) is 13.8 Å². The van der Waals surface area contributed by atoms with Crippen LogP contribution >= 0.6 is 0 Å². The first kappa shape index (κ1) is 22.2. The quantitative estimate of drug-likeness (QED) is 0.535. The van der Waals surface area contributed by atoms with Crippen molar-refractivity contribution in [2.45, 2.75) is 25.3 Å². The van der Waals surface area contributed by atoms with Crippen molar-refractivity contribution in [3.05, 3.63) is 75.6 Å². The predicted octanol–water partition coefficient (Wildman–Crippen LogP) is 0.997. The molecule has 0 aliphatic carbocycles. The zero-order valence-electron chi connectivity index (χ0n) is 17.1. The topological polar surface area (TPSA) is 126 Å². The Kier molecular flexibility index (Phi) is 6.56. The van der Waals surface area contributed by atoms with Gasteiger partial charge >= 0.3 is 11.4 Å². The average Bonchev–Trinajstić information content (AvgIpc) is 3.03. The Morgan fingerprint density at radius 3 is 2.35 bits per heavy atom. The molecule has 0 aliphatic rings. The summed E-state index contributed by atoms with van der Waals surface area (Å²) in [7, 11) is -3.69. The number of carbonyl (C=O) groups excluding carboxylic acids is 1. The molecule has 1 aromatic heterocycles. The molecule has 164 valence electrons. The Morgan fingerprint density at radius 1 is 1.03 bits per heavy atom. The first-order chi connectivity index (χ1) is 14.8. The van der Waals surface area contributed by atoms with E-state index in [2.05, 4.69) is 10.4 Å². The summed E-state index contributed by atoms with van der Waals surface area (Å²) in [4.78, 5) is 37.2. The lowest BCUT2D eigenvalue weighted by atomic mass is 10.3. The number of hydrogen-bond donors (Lipinski definition) is 2. The Hall–Kier alpha value is -3.44. The molecule has 3 aromatic rings. The second-order valence-corrected chi connectivity index (χ2v) is 8.56. The van der Waals surface area contributed by atoms with Gasteiger partial charge in [-0.2, -0.15) is 4.31 Å². The smallest absolute Gasteiger partial charge is 0.324 e. The molecule has 0 saturated carbocycles. The summed E-state index contributed by atoms with van der Waals surface area (Å²) in [6.07, 6.45) is 0.